The number of rotatable bonds is 6. The van der Waals surface area contributed by atoms with Crippen molar-refractivity contribution in [2.75, 3.05) is 0 Å². The summed E-state index contributed by atoms with van der Waals surface area (Å²) in [5.41, 5.74) is 0. The molecule has 0 saturated carbocycles. The van der Waals surface area contributed by atoms with Crippen molar-refractivity contribution in [2.24, 2.45) is 0 Å². The Hall–Kier alpha value is -2.71. The molecule has 0 atom stereocenters. The Morgan fingerprint density at radius 1 is 0.275 bits per heavy atom. The third-order valence-corrected chi connectivity index (χ3v) is 2.97. The topological polar surface area (TPSA) is 128 Å². The van der Waals surface area contributed by atoms with Crippen molar-refractivity contribution in [2.45, 2.75) is 56.3 Å². The molecule has 0 fully saturated rings. The maximum absolute atomic E-state index is 11.4. The van der Waals surface area contributed by atoms with E-state index in [1.54, 1.807) is 0 Å². The minimum absolute atomic E-state index is 0. The maximum atomic E-state index is 11.4. The van der Waals surface area contributed by atoms with Gasteiger partial charge in [0.2, 0.25) is 0 Å². The van der Waals surface area contributed by atoms with Gasteiger partial charge in [0.15, 0.2) is 19.3 Å². The summed E-state index contributed by atoms with van der Waals surface area (Å²) >= 11 is 0. The molecule has 0 saturated heterocycles. The quantitative estimate of drug-likeness (QED) is 0.218. The van der Waals surface area contributed by atoms with Crippen molar-refractivity contribution in [3.8, 4) is 0 Å². The number of alkyl halides is 18. The Morgan fingerprint density at radius 2 is 0.350 bits per heavy atom. The third kappa shape index (κ3) is 20.2. The first-order chi connectivity index (χ1) is 16.6. The zero-order valence-corrected chi connectivity index (χ0v) is 19.3. The minimum Gasteiger partial charge on any atom is -0.273 e. The van der Waals surface area contributed by atoms with Gasteiger partial charge in [-0.15, -0.1) is 0 Å². The Bertz CT molecular complexity index is 726. The molecule has 40 heavy (non-hydrogen) atoms. The molecule has 0 aliphatic rings. The summed E-state index contributed by atoms with van der Waals surface area (Å²) in [4.78, 5) is 48.2. The molecule has 0 aromatic carbocycles. The van der Waals surface area contributed by atoms with Gasteiger partial charge in [0, 0.05) is 17.4 Å². The first kappa shape index (κ1) is 44.3. The van der Waals surface area contributed by atoms with Crippen LogP contribution in [0.15, 0.2) is 0 Å². The van der Waals surface area contributed by atoms with Gasteiger partial charge in [-0.2, -0.15) is 79.0 Å². The second-order valence-corrected chi connectivity index (χ2v) is 6.20. The van der Waals surface area contributed by atoms with Crippen molar-refractivity contribution in [1.82, 2.24) is 0 Å². The van der Waals surface area contributed by atoms with E-state index in [9.17, 15) is 79.0 Å². The van der Waals surface area contributed by atoms with E-state index in [0.29, 0.717) is 0 Å². The van der Waals surface area contributed by atoms with Gasteiger partial charge in [0.25, 0.3) is 0 Å². The van der Waals surface area contributed by atoms with Crippen LogP contribution in [0.3, 0.4) is 0 Å². The molecule has 0 spiro atoms. The number of hydrogen-bond acceptors (Lipinski definition) is 0. The van der Waals surface area contributed by atoms with E-state index in [-0.39, 0.29) is 17.4 Å². The van der Waals surface area contributed by atoms with Crippen LogP contribution >= 0.6 is 0 Å². The van der Waals surface area contributed by atoms with Gasteiger partial charge in [-0.05, 0) is 0 Å². The summed E-state index contributed by atoms with van der Waals surface area (Å²) in [6.07, 6.45) is -37.4. The van der Waals surface area contributed by atoms with Crippen LogP contribution in [0.2, 0.25) is 0 Å². The van der Waals surface area contributed by atoms with E-state index >= 15 is 0 Å². The molecule has 0 aromatic heterocycles. The van der Waals surface area contributed by atoms with Crippen LogP contribution in [0.25, 0.3) is 0 Å². The first-order valence-corrected chi connectivity index (χ1v) is 8.36. The average molecular weight is 682 g/mol. The van der Waals surface area contributed by atoms with Crippen LogP contribution in [0.5, 0.6) is 0 Å². The summed E-state index contributed by atoms with van der Waals surface area (Å²) in [5.74, 6) is -14.3. The predicted molar refractivity (Wildman–Crippen MR) is 91.8 cm³/mol. The molecule has 0 unspecified atom stereocenters. The zero-order valence-electron chi connectivity index (χ0n) is 18.0. The maximum Gasteiger partial charge on any atom is 0.505 e. The molecular weight excluding hydrogens is 670 g/mol. The minimum atomic E-state index is -5.25. The summed E-state index contributed by atoms with van der Waals surface area (Å²) in [5, 5.41) is 0. The summed E-state index contributed by atoms with van der Waals surface area (Å²) in [6.45, 7) is 0. The van der Waals surface area contributed by atoms with E-state index in [4.69, 9.17) is 28.8 Å². The molecule has 0 aliphatic heterocycles. The molecule has 6 nitrogen and oxygen atoms in total. The number of hydrogen-bond donors (Lipinski definition) is 0. The van der Waals surface area contributed by atoms with E-state index < -0.39 is 91.0 Å². The summed E-state index contributed by atoms with van der Waals surface area (Å²) in [6, 6.07) is 0. The fraction of sp³-hybridized carbons (Fsp3) is 0.600. The molecule has 0 radical (unpaired) electrons. The molecule has 234 valence electrons. The molecule has 0 amide bonds. The average Bonchev–Trinajstić information content (AvgIpc) is 2.64. The molecule has 0 bridgehead atoms. The molecule has 0 heterocycles. The molecule has 0 rings (SSSR count). The number of halogens is 18. The molecule has 6 N–H and O–H groups in total. The molecule has 25 heteroatoms. The van der Waals surface area contributed by atoms with E-state index in [1.807, 2.05) is 0 Å². The van der Waals surface area contributed by atoms with Gasteiger partial charge >= 0.3 is 71.8 Å². The van der Waals surface area contributed by atoms with Crippen LogP contribution in [0.1, 0.15) is 19.3 Å². The smallest absolute Gasteiger partial charge is 0.273 e. The largest absolute Gasteiger partial charge is 0.505 e. The van der Waals surface area contributed by atoms with Crippen molar-refractivity contribution >= 4 is 34.7 Å². The fourth-order valence-electron chi connectivity index (χ4n) is 1.08. The van der Waals surface area contributed by atoms with Gasteiger partial charge in [-0.3, -0.25) is 28.8 Å². The van der Waals surface area contributed by atoms with Crippen LogP contribution < -0.4 is 0 Å². The van der Waals surface area contributed by atoms with Crippen molar-refractivity contribution in [1.29, 1.82) is 0 Å². The van der Waals surface area contributed by atoms with E-state index in [1.165, 1.54) is 0 Å². The first-order valence-electron chi connectivity index (χ1n) is 8.36. The van der Waals surface area contributed by atoms with Crippen LogP contribution in [-0.4, -0.2) is 101 Å². The van der Waals surface area contributed by atoms with E-state index in [0.717, 1.165) is 0 Å². The second-order valence-electron chi connectivity index (χ2n) is 6.20. The predicted octanol–water partition coefficient (Wildman–Crippen LogP) is 4.77. The molecule has 0 aliphatic carbocycles. The summed E-state index contributed by atoms with van der Waals surface area (Å²) < 4.78 is 206. The molecular formula is C15H12CrF18O6+6. The number of carbonyl (C=O) groups excluding carboxylic acids is 6. The summed E-state index contributed by atoms with van der Waals surface area (Å²) in [7, 11) is 0. The van der Waals surface area contributed by atoms with Crippen molar-refractivity contribution in [3.63, 3.8) is 0 Å². The van der Waals surface area contributed by atoms with Crippen molar-refractivity contribution < 1.29 is 125 Å². The van der Waals surface area contributed by atoms with Gasteiger partial charge in [-0.1, -0.05) is 0 Å². The Morgan fingerprint density at radius 3 is 0.400 bits per heavy atom. The monoisotopic (exact) mass is 682 g/mol. The third-order valence-electron chi connectivity index (χ3n) is 2.97. The Labute approximate surface area is 217 Å². The zero-order chi connectivity index (χ0) is 32.6. The van der Waals surface area contributed by atoms with Crippen molar-refractivity contribution in [3.05, 3.63) is 0 Å². The van der Waals surface area contributed by atoms with Crippen LogP contribution in [-0.2, 0) is 17.4 Å². The van der Waals surface area contributed by atoms with Gasteiger partial charge in [0.1, 0.15) is 0 Å². The van der Waals surface area contributed by atoms with Gasteiger partial charge in [-0.25, -0.2) is 0 Å². The van der Waals surface area contributed by atoms with Gasteiger partial charge in [0.05, 0.1) is 0 Å². The van der Waals surface area contributed by atoms with Gasteiger partial charge < -0.3 is 0 Å². The van der Waals surface area contributed by atoms with Crippen LogP contribution in [0, 0.1) is 0 Å². The normalized spacial score (nSPS) is 12.4. The van der Waals surface area contributed by atoms with Crippen LogP contribution in [0.4, 0.5) is 79.0 Å². The second kappa shape index (κ2) is 15.3. The standard InChI is InChI=1S/3C5H2F6O2.Cr/c3*6-4(7,8)2(12)1-3(13)5(9,10)11;/h3*1H2;/p+6. The number of ketones is 6. The Kier molecular flexibility index (Phi) is 17.0. The van der Waals surface area contributed by atoms with E-state index in [2.05, 4.69) is 0 Å². The SMILES string of the molecule is [Cr].[OH+]=C(CC(=[OH+])C(F)(F)F)C(F)(F)F.[OH+]=C(CC(=[OH+])C(F)(F)F)C(F)(F)F.[OH+]=C(CC(=[OH+])C(F)(F)F)C(F)(F)F. The fourth-order valence-corrected chi connectivity index (χ4v) is 1.08. The molecule has 0 aromatic rings. The Balaban J connectivity index is -0.000000240.